The van der Waals surface area contributed by atoms with Crippen LogP contribution >= 0.6 is 0 Å². The van der Waals surface area contributed by atoms with Crippen LogP contribution in [-0.2, 0) is 4.79 Å². The first-order chi connectivity index (χ1) is 13.9. The topological polar surface area (TPSA) is 71.3 Å². The maximum atomic E-state index is 13.8. The molecule has 1 aliphatic rings. The molecule has 6 nitrogen and oxygen atoms in total. The van der Waals surface area contributed by atoms with Crippen molar-refractivity contribution in [3.8, 4) is 11.3 Å². The lowest BCUT2D eigenvalue weighted by Crippen LogP contribution is -2.43. The van der Waals surface area contributed by atoms with Gasteiger partial charge < -0.3 is 14.6 Å². The fraction of sp³-hybridized carbons (Fsp3) is 0.409. The maximum Gasteiger partial charge on any atom is 0.228 e. The van der Waals surface area contributed by atoms with Crippen molar-refractivity contribution in [2.45, 2.75) is 32.4 Å². The van der Waals surface area contributed by atoms with Gasteiger partial charge in [-0.1, -0.05) is 12.1 Å². The fourth-order valence-corrected chi connectivity index (χ4v) is 3.83. The van der Waals surface area contributed by atoms with Crippen molar-refractivity contribution in [3.63, 3.8) is 0 Å². The van der Waals surface area contributed by atoms with E-state index in [2.05, 4.69) is 20.2 Å². The number of carbonyl (C=O) groups is 1. The Morgan fingerprint density at radius 3 is 2.72 bits per heavy atom. The van der Waals surface area contributed by atoms with Gasteiger partial charge in [0.25, 0.3) is 0 Å². The highest BCUT2D eigenvalue weighted by atomic mass is 19.1. The predicted molar refractivity (Wildman–Crippen MR) is 110 cm³/mol. The van der Waals surface area contributed by atoms with Gasteiger partial charge >= 0.3 is 0 Å². The normalized spacial score (nSPS) is 16.2. The van der Waals surface area contributed by atoms with E-state index in [0.717, 1.165) is 42.3 Å². The molecule has 152 valence electrons. The smallest absolute Gasteiger partial charge is 0.228 e. The van der Waals surface area contributed by atoms with Crippen LogP contribution in [0.25, 0.3) is 22.1 Å². The number of oxazole rings is 1. The van der Waals surface area contributed by atoms with Gasteiger partial charge in [0.15, 0.2) is 12.2 Å². The molecular formula is C22H25FN4O2. The van der Waals surface area contributed by atoms with E-state index in [-0.39, 0.29) is 11.8 Å². The quantitative estimate of drug-likeness (QED) is 0.697. The first kappa shape index (κ1) is 19.5. The van der Waals surface area contributed by atoms with E-state index in [1.165, 1.54) is 6.39 Å². The van der Waals surface area contributed by atoms with Crippen molar-refractivity contribution in [1.82, 2.24) is 14.9 Å². The molecule has 1 N–H and O–H groups in total. The number of hydrogen-bond donors (Lipinski definition) is 1. The molecule has 3 heterocycles. The SMILES string of the molecule is CC(C)(F)CN1CCC(C(=O)Nc2cc3cc(-c4cnco4)ccc3cn2)CC1. The van der Waals surface area contributed by atoms with Crippen LogP contribution in [0.3, 0.4) is 0 Å². The van der Waals surface area contributed by atoms with Crippen molar-refractivity contribution >= 4 is 22.5 Å². The molecule has 7 heteroatoms. The molecule has 29 heavy (non-hydrogen) atoms. The third kappa shape index (κ3) is 4.79. The lowest BCUT2D eigenvalue weighted by Gasteiger charge is -2.33. The van der Waals surface area contributed by atoms with E-state index in [1.54, 1.807) is 26.2 Å². The van der Waals surface area contributed by atoms with Gasteiger partial charge in [-0.25, -0.2) is 14.4 Å². The zero-order chi connectivity index (χ0) is 20.4. The van der Waals surface area contributed by atoms with Crippen LogP contribution in [0.4, 0.5) is 10.2 Å². The number of hydrogen-bond acceptors (Lipinski definition) is 5. The average molecular weight is 396 g/mol. The summed E-state index contributed by atoms with van der Waals surface area (Å²) < 4.78 is 19.2. The number of likely N-dealkylation sites (tertiary alicyclic amines) is 1. The first-order valence-corrected chi connectivity index (χ1v) is 9.88. The molecular weight excluding hydrogens is 371 g/mol. The molecule has 1 fully saturated rings. The lowest BCUT2D eigenvalue weighted by atomic mass is 9.95. The molecule has 1 aromatic carbocycles. The molecule has 1 amide bonds. The van der Waals surface area contributed by atoms with Crippen LogP contribution in [-0.4, -0.2) is 46.1 Å². The number of benzene rings is 1. The van der Waals surface area contributed by atoms with Crippen LogP contribution in [0, 0.1) is 5.92 Å². The molecule has 3 aromatic rings. The number of aromatic nitrogens is 2. The Kier molecular flexibility index (Phi) is 5.32. The van der Waals surface area contributed by atoms with Crippen molar-refractivity contribution in [1.29, 1.82) is 0 Å². The van der Waals surface area contributed by atoms with Gasteiger partial charge in [-0.15, -0.1) is 0 Å². The molecule has 0 bridgehead atoms. The Balaban J connectivity index is 1.42. The number of pyridine rings is 1. The summed E-state index contributed by atoms with van der Waals surface area (Å²) in [7, 11) is 0. The summed E-state index contributed by atoms with van der Waals surface area (Å²) in [4.78, 5) is 23.1. The molecule has 1 saturated heterocycles. The highest BCUT2D eigenvalue weighted by Gasteiger charge is 2.28. The summed E-state index contributed by atoms with van der Waals surface area (Å²) >= 11 is 0. The maximum absolute atomic E-state index is 13.8. The van der Waals surface area contributed by atoms with Gasteiger partial charge in [-0.3, -0.25) is 4.79 Å². The minimum Gasteiger partial charge on any atom is -0.444 e. The van der Waals surface area contributed by atoms with E-state index in [1.807, 2.05) is 24.3 Å². The van der Waals surface area contributed by atoms with Crippen LogP contribution in [0.5, 0.6) is 0 Å². The summed E-state index contributed by atoms with van der Waals surface area (Å²) in [5.74, 6) is 1.12. The molecule has 0 radical (unpaired) electrons. The Hall–Kier alpha value is -2.80. The van der Waals surface area contributed by atoms with E-state index < -0.39 is 5.67 Å². The second-order valence-corrected chi connectivity index (χ2v) is 8.26. The zero-order valence-electron chi connectivity index (χ0n) is 16.7. The second-order valence-electron chi connectivity index (χ2n) is 8.26. The minimum atomic E-state index is -1.21. The Morgan fingerprint density at radius 1 is 1.24 bits per heavy atom. The van der Waals surface area contributed by atoms with Gasteiger partial charge in [0.05, 0.1) is 6.20 Å². The van der Waals surface area contributed by atoms with E-state index >= 15 is 0 Å². The van der Waals surface area contributed by atoms with Crippen LogP contribution in [0.1, 0.15) is 26.7 Å². The Labute approximate surface area is 169 Å². The van der Waals surface area contributed by atoms with E-state index in [0.29, 0.717) is 18.1 Å². The molecule has 0 saturated carbocycles. The summed E-state index contributed by atoms with van der Waals surface area (Å²) in [5.41, 5.74) is -0.295. The summed E-state index contributed by atoms with van der Waals surface area (Å²) in [5, 5.41) is 4.88. The van der Waals surface area contributed by atoms with Crippen molar-refractivity contribution in [3.05, 3.63) is 43.1 Å². The number of nitrogens with one attached hydrogen (secondary N) is 1. The van der Waals surface area contributed by atoms with Crippen molar-refractivity contribution in [2.75, 3.05) is 25.0 Å². The van der Waals surface area contributed by atoms with E-state index in [4.69, 9.17) is 4.42 Å². The number of anilines is 1. The first-order valence-electron chi connectivity index (χ1n) is 9.88. The van der Waals surface area contributed by atoms with Crippen molar-refractivity contribution < 1.29 is 13.6 Å². The molecule has 2 aromatic heterocycles. The molecule has 0 aliphatic carbocycles. The predicted octanol–water partition coefficient (Wildman–Crippen LogP) is 4.29. The molecule has 0 unspecified atom stereocenters. The van der Waals surface area contributed by atoms with Crippen LogP contribution in [0.15, 0.2) is 47.5 Å². The zero-order valence-corrected chi connectivity index (χ0v) is 16.7. The highest BCUT2D eigenvalue weighted by Crippen LogP contribution is 2.26. The second kappa shape index (κ2) is 7.91. The summed E-state index contributed by atoms with van der Waals surface area (Å²) in [6.07, 6.45) is 6.27. The number of nitrogens with zero attached hydrogens (tertiary/aromatic N) is 3. The van der Waals surface area contributed by atoms with Gasteiger partial charge in [0.2, 0.25) is 5.91 Å². The van der Waals surface area contributed by atoms with Crippen LogP contribution in [0.2, 0.25) is 0 Å². The van der Waals surface area contributed by atoms with Gasteiger partial charge in [0.1, 0.15) is 11.5 Å². The monoisotopic (exact) mass is 396 g/mol. The summed E-state index contributed by atoms with van der Waals surface area (Å²) in [6.45, 7) is 5.05. The number of rotatable bonds is 5. The van der Waals surface area contributed by atoms with Gasteiger partial charge in [0, 0.05) is 29.6 Å². The highest BCUT2D eigenvalue weighted by molar-refractivity contribution is 5.94. The third-order valence-electron chi connectivity index (χ3n) is 5.25. The number of alkyl halides is 1. The number of amides is 1. The van der Waals surface area contributed by atoms with Crippen molar-refractivity contribution in [2.24, 2.45) is 5.92 Å². The van der Waals surface area contributed by atoms with E-state index in [9.17, 15) is 9.18 Å². The molecule has 0 atom stereocenters. The largest absolute Gasteiger partial charge is 0.444 e. The Bertz CT molecular complexity index is 990. The number of carbonyl (C=O) groups excluding carboxylic acids is 1. The standard InChI is InChI=1S/C22H25FN4O2/c1-22(2,23)13-27-7-5-15(6-8-27)21(28)26-20-10-18-9-16(19-12-24-14-29-19)3-4-17(18)11-25-20/h3-4,9-12,14-15H,5-8,13H2,1-2H3,(H,25,26,28). The van der Waals surface area contributed by atoms with Gasteiger partial charge in [-0.2, -0.15) is 0 Å². The minimum absolute atomic E-state index is 0.0256. The number of fused-ring (bicyclic) bond motifs is 1. The lowest BCUT2D eigenvalue weighted by molar-refractivity contribution is -0.121. The molecule has 4 rings (SSSR count). The molecule has 1 aliphatic heterocycles. The molecule has 0 spiro atoms. The summed E-state index contributed by atoms with van der Waals surface area (Å²) in [6, 6.07) is 7.78. The average Bonchev–Trinajstić information content (AvgIpc) is 3.21. The Morgan fingerprint density at radius 2 is 2.03 bits per heavy atom. The van der Waals surface area contributed by atoms with Crippen LogP contribution < -0.4 is 5.32 Å². The van der Waals surface area contributed by atoms with Gasteiger partial charge in [-0.05, 0) is 57.3 Å². The third-order valence-corrected chi connectivity index (χ3v) is 5.25. The number of piperidine rings is 1. The number of halogens is 1. The fourth-order valence-electron chi connectivity index (χ4n) is 3.83.